The van der Waals surface area contributed by atoms with Crippen molar-refractivity contribution in [3.8, 4) is 89.5 Å². The van der Waals surface area contributed by atoms with Crippen molar-refractivity contribution < 1.29 is 42.9 Å². The highest BCUT2D eigenvalue weighted by atomic mass is 14.9. The fourth-order valence-corrected chi connectivity index (χ4v) is 10.7. The molecule has 0 radical (unpaired) electrons. The fourth-order valence-electron chi connectivity index (χ4n) is 10.7. The van der Waals surface area contributed by atoms with E-state index in [1.807, 2.05) is 183 Å². The zero-order valence-corrected chi connectivity index (χ0v) is 50.0. The van der Waals surface area contributed by atoms with Crippen LogP contribution >= 0.6 is 0 Å². The van der Waals surface area contributed by atoms with Gasteiger partial charge in [-0.15, -0.1) is 0 Å². The SMILES string of the molecule is C.C.C.C.[2H]C([2H])([2H])c1c[n+](C)c(-c2ccccc2C)cc1-c1ccccc1.[2H]C([2H])([2H])c1ccc(-c2cc(-c3ccccc3)c(C([2H])([2H])[2H])c[n+]2C)c(C)c1.[2H]C([2H])([2H])c1ccc(-c2cc(-c3ccccc3)c(C([2H])([2H])[2H])cc2C)[n+](C)c1.[2H]C([2H])([2H])c1ccc(-c2ccc(-c3ccccc3)cc2C)[n+](C)c1. The summed E-state index contributed by atoms with van der Waals surface area (Å²) in [6.45, 7) is -5.17. The lowest BCUT2D eigenvalue weighted by Gasteiger charge is -2.12. The van der Waals surface area contributed by atoms with Crippen molar-refractivity contribution in [2.75, 3.05) is 0 Å². The Morgan fingerprint density at radius 3 is 1.02 bits per heavy atom. The number of hydrogen-bond donors (Lipinski definition) is 0. The van der Waals surface area contributed by atoms with Crippen LogP contribution in [0.2, 0.25) is 0 Å². The average Bonchev–Trinajstić information content (AvgIpc) is 0.774. The molecule has 0 aliphatic carbocycles. The summed E-state index contributed by atoms with van der Waals surface area (Å²) in [7, 11) is 7.38. The van der Waals surface area contributed by atoms with E-state index in [4.69, 9.17) is 24.7 Å². The van der Waals surface area contributed by atoms with E-state index >= 15 is 0 Å². The number of nitrogens with zero attached hydrogens (tertiary/aromatic N) is 4. The Labute approximate surface area is 568 Å². The summed E-state index contributed by atoms with van der Waals surface area (Å²) in [4.78, 5) is 0. The summed E-state index contributed by atoms with van der Waals surface area (Å²) in [6, 6.07) is 72.8. The van der Waals surface area contributed by atoms with Crippen molar-refractivity contribution in [3.05, 3.63) is 311 Å². The zero-order chi connectivity index (χ0) is 76.0. The van der Waals surface area contributed by atoms with Gasteiger partial charge in [-0.2, -0.15) is 0 Å². The highest BCUT2D eigenvalue weighted by Gasteiger charge is 2.20. The van der Waals surface area contributed by atoms with Crippen LogP contribution in [0, 0.1) is 68.8 Å². The Balaban J connectivity index is 0.000000256. The van der Waals surface area contributed by atoms with Gasteiger partial charge >= 0.3 is 0 Å². The third kappa shape index (κ3) is 17.2. The van der Waals surface area contributed by atoms with Gasteiger partial charge in [0.25, 0.3) is 0 Å². The van der Waals surface area contributed by atoms with Gasteiger partial charge in [-0.05, 0) is 178 Å². The van der Waals surface area contributed by atoms with Crippen molar-refractivity contribution in [3.63, 3.8) is 0 Å². The first kappa shape index (κ1) is 48.3. The van der Waals surface area contributed by atoms with Gasteiger partial charge in [0, 0.05) is 93.4 Å². The quantitative estimate of drug-likeness (QED) is 0.135. The molecule has 12 rings (SSSR count). The van der Waals surface area contributed by atoms with E-state index in [-0.39, 0.29) is 40.8 Å². The molecule has 0 bridgehead atoms. The Hall–Kier alpha value is -9.64. The average molecular weight is 1210 g/mol. The summed E-state index contributed by atoms with van der Waals surface area (Å²) in [5, 5.41) is 0. The van der Waals surface area contributed by atoms with Crippen molar-refractivity contribution in [2.45, 2.75) is 98.5 Å². The second kappa shape index (κ2) is 32.5. The lowest BCUT2D eigenvalue weighted by Crippen LogP contribution is -2.31. The fraction of sp³-hybridized carbons (Fsp3) is 0.209. The van der Waals surface area contributed by atoms with Crippen LogP contribution in [0.4, 0.5) is 0 Å². The summed E-state index contributed by atoms with van der Waals surface area (Å²) in [5.41, 5.74) is 20.4. The molecule has 90 heavy (non-hydrogen) atoms. The number of benzene rings is 8. The molecular weight excluding hydrogens is 1090 g/mol. The molecule has 0 spiro atoms. The van der Waals surface area contributed by atoms with Gasteiger partial charge in [0.05, 0.1) is 0 Å². The maximum Gasteiger partial charge on any atom is 0.213 e. The molecule has 0 saturated heterocycles. The van der Waals surface area contributed by atoms with E-state index < -0.39 is 41.1 Å². The molecule has 0 N–H and O–H groups in total. The Morgan fingerprint density at radius 2 is 0.589 bits per heavy atom. The second-order valence-electron chi connectivity index (χ2n) is 21.6. The predicted octanol–water partition coefficient (Wildman–Crippen LogP) is 21.0. The van der Waals surface area contributed by atoms with Crippen LogP contribution in [0.1, 0.15) is 110 Å². The monoisotopic (exact) mass is 1210 g/mol. The molecule has 0 amide bonds. The first-order valence-electron chi connectivity index (χ1n) is 37.4. The van der Waals surface area contributed by atoms with Crippen molar-refractivity contribution in [1.82, 2.24) is 0 Å². The second-order valence-corrected chi connectivity index (χ2v) is 21.6. The van der Waals surface area contributed by atoms with E-state index in [2.05, 4.69) is 56.3 Å². The maximum absolute atomic E-state index is 7.94. The van der Waals surface area contributed by atoms with E-state index in [9.17, 15) is 0 Å². The van der Waals surface area contributed by atoms with E-state index in [0.29, 0.717) is 33.4 Å². The van der Waals surface area contributed by atoms with Crippen LogP contribution in [-0.4, -0.2) is 0 Å². The summed E-state index contributed by atoms with van der Waals surface area (Å²) < 4.78 is 147. The first-order chi connectivity index (χ1) is 48.7. The Bertz CT molecular complexity index is 4840. The zero-order valence-electron chi connectivity index (χ0n) is 68.0. The Kier molecular flexibility index (Phi) is 17.5. The van der Waals surface area contributed by atoms with Crippen LogP contribution < -0.4 is 18.3 Å². The molecule has 0 aliphatic heterocycles. The number of hydrogen-bond acceptors (Lipinski definition) is 0. The van der Waals surface area contributed by atoms with Gasteiger partial charge in [-0.1, -0.05) is 205 Å². The standard InChI is InChI=1S/2C21H22N.2C20H20N.4CH4/c1-15-10-11-21(22(4)14-15)20-13-19(16(2)12-17(20)3)18-8-6-5-7-9-18;1-15-10-11-19(16(2)12-15)21-13-20(17(3)14-22(21)4)18-8-6-5-7-9-18;1-15-9-7-8-12-18(15)20-13-19(16(2)14-21(20)3)17-10-5-4-6-11-17;1-15-9-12-20(21(3)14-15)19-11-10-18(13-16(19)2)17-7-5-4-6-8-17;;;;/h2*5-14H,1-4H3;2*4-14H,1-3H3;4*1H4/q4*+1;;;;/i1D3,2D3;1D3,3D3;2D3;1D3;;;;. The largest absolute Gasteiger partial charge is 0.213 e. The lowest BCUT2D eigenvalue weighted by atomic mass is 9.93. The minimum atomic E-state index is -2.25. The van der Waals surface area contributed by atoms with E-state index in [1.54, 1.807) is 90.5 Å². The van der Waals surface area contributed by atoms with Crippen LogP contribution in [0.3, 0.4) is 0 Å². The normalized spacial score (nSPS) is 14.0. The molecule has 8 aromatic carbocycles. The summed E-state index contributed by atoms with van der Waals surface area (Å²) in [5.74, 6) is 0. The van der Waals surface area contributed by atoms with E-state index in [0.717, 1.165) is 89.5 Å². The minimum absolute atomic E-state index is 0. The van der Waals surface area contributed by atoms with Gasteiger partial charge in [0.1, 0.15) is 28.2 Å². The molecule has 4 heterocycles. The van der Waals surface area contributed by atoms with E-state index in [1.165, 1.54) is 11.1 Å². The van der Waals surface area contributed by atoms with Crippen LogP contribution in [-0.2, 0) is 28.2 Å². The van der Waals surface area contributed by atoms with Crippen molar-refractivity contribution >= 4 is 0 Å². The molecule has 4 heteroatoms. The maximum atomic E-state index is 7.94. The smallest absolute Gasteiger partial charge is 0.201 e. The third-order valence-corrected chi connectivity index (χ3v) is 15.2. The molecule has 4 nitrogen and oxygen atoms in total. The minimum Gasteiger partial charge on any atom is -0.201 e. The Morgan fingerprint density at radius 1 is 0.222 bits per heavy atom. The van der Waals surface area contributed by atoms with Crippen LogP contribution in [0.25, 0.3) is 89.5 Å². The van der Waals surface area contributed by atoms with Gasteiger partial charge in [0.2, 0.25) is 22.8 Å². The molecule has 0 fully saturated rings. The first-order valence-corrected chi connectivity index (χ1v) is 28.4. The molecule has 4 aromatic heterocycles. The van der Waals surface area contributed by atoms with Crippen LogP contribution in [0.5, 0.6) is 0 Å². The number of pyridine rings is 4. The van der Waals surface area contributed by atoms with Gasteiger partial charge < -0.3 is 0 Å². The molecule has 0 unspecified atom stereocenters. The molecule has 0 aliphatic rings. The highest BCUT2D eigenvalue weighted by molar-refractivity contribution is 5.77. The van der Waals surface area contributed by atoms with Crippen LogP contribution in [0.15, 0.2) is 255 Å². The predicted molar refractivity (Wildman–Crippen MR) is 388 cm³/mol. The number of rotatable bonds is 8. The molecule has 0 saturated carbocycles. The van der Waals surface area contributed by atoms with Gasteiger partial charge in [0.15, 0.2) is 24.8 Å². The van der Waals surface area contributed by atoms with Crippen molar-refractivity contribution in [2.24, 2.45) is 28.2 Å². The third-order valence-electron chi connectivity index (χ3n) is 15.2. The summed E-state index contributed by atoms with van der Waals surface area (Å²) >= 11 is 0. The molecule has 12 aromatic rings. The highest BCUT2D eigenvalue weighted by Crippen LogP contribution is 2.33. The summed E-state index contributed by atoms with van der Waals surface area (Å²) in [6.07, 6.45) is 6.66. The molecule has 0 atom stereocenters. The lowest BCUT2D eigenvalue weighted by molar-refractivity contribution is -0.660. The van der Waals surface area contributed by atoms with Gasteiger partial charge in [-0.3, -0.25) is 0 Å². The van der Waals surface area contributed by atoms with Gasteiger partial charge in [-0.25, -0.2) is 18.3 Å². The molecule has 460 valence electrons. The van der Waals surface area contributed by atoms with Crippen molar-refractivity contribution in [1.29, 1.82) is 0 Å². The topological polar surface area (TPSA) is 15.5 Å². The number of aromatic nitrogens is 4. The molecular formula is C86H100N4+4. The number of aryl methyl sites for hydroxylation is 14.